The maximum absolute atomic E-state index is 5.54. The first-order valence-electron chi connectivity index (χ1n) is 5.02. The Kier molecular flexibility index (Phi) is 3.04. The summed E-state index contributed by atoms with van der Waals surface area (Å²) < 4.78 is 5.28. The number of methoxy groups -OCH3 is 1. The van der Waals surface area contributed by atoms with Crippen LogP contribution in [0.2, 0.25) is 0 Å². The number of ether oxygens (including phenoxy) is 1. The predicted molar refractivity (Wildman–Crippen MR) is 64.8 cm³/mol. The second kappa shape index (κ2) is 4.32. The molecule has 0 aromatic carbocycles. The molecule has 0 aliphatic heterocycles. The van der Waals surface area contributed by atoms with Gasteiger partial charge in [0.1, 0.15) is 0 Å². The molecule has 0 spiro atoms. The van der Waals surface area contributed by atoms with E-state index in [1.54, 1.807) is 0 Å². The average molecular weight is 241 g/mol. The van der Waals surface area contributed by atoms with Crippen LogP contribution in [0.15, 0.2) is 0 Å². The van der Waals surface area contributed by atoms with E-state index in [1.807, 2.05) is 11.8 Å². The SMILES string of the molecule is COc1nc(N)nc(NCC2(SC)CC2)n1. The molecule has 6 nitrogen and oxygen atoms in total. The lowest BCUT2D eigenvalue weighted by Gasteiger charge is -2.13. The number of nitrogens with zero attached hydrogens (tertiary/aromatic N) is 3. The third-order valence-corrected chi connectivity index (χ3v) is 4.04. The normalized spacial score (nSPS) is 16.9. The smallest absolute Gasteiger partial charge is 0.322 e. The molecule has 1 aromatic rings. The van der Waals surface area contributed by atoms with Crippen molar-refractivity contribution in [3.05, 3.63) is 0 Å². The maximum Gasteiger partial charge on any atom is 0.322 e. The third kappa shape index (κ3) is 2.46. The molecule has 88 valence electrons. The molecule has 0 radical (unpaired) electrons. The number of anilines is 2. The molecule has 1 aromatic heterocycles. The van der Waals surface area contributed by atoms with Gasteiger partial charge in [0.15, 0.2) is 0 Å². The van der Waals surface area contributed by atoms with Crippen LogP contribution in [-0.4, -0.2) is 39.6 Å². The lowest BCUT2D eigenvalue weighted by molar-refractivity contribution is 0.379. The van der Waals surface area contributed by atoms with Crippen molar-refractivity contribution in [2.24, 2.45) is 0 Å². The fraction of sp³-hybridized carbons (Fsp3) is 0.667. The van der Waals surface area contributed by atoms with Gasteiger partial charge in [-0.1, -0.05) is 0 Å². The summed E-state index contributed by atoms with van der Waals surface area (Å²) in [5, 5.41) is 3.17. The zero-order chi connectivity index (χ0) is 11.6. The van der Waals surface area contributed by atoms with Crippen molar-refractivity contribution in [2.75, 3.05) is 31.0 Å². The monoisotopic (exact) mass is 241 g/mol. The second-order valence-corrected chi connectivity index (χ2v) is 5.02. The van der Waals surface area contributed by atoms with Gasteiger partial charge < -0.3 is 15.8 Å². The van der Waals surface area contributed by atoms with Gasteiger partial charge in [-0.2, -0.15) is 26.7 Å². The minimum atomic E-state index is 0.170. The van der Waals surface area contributed by atoms with Crippen molar-refractivity contribution >= 4 is 23.7 Å². The standard InChI is InChI=1S/C9H15N5OS/c1-15-8-13-6(10)12-7(14-8)11-5-9(16-2)3-4-9/h3-5H2,1-2H3,(H3,10,11,12,13,14). The molecule has 1 heterocycles. The molecule has 3 N–H and O–H groups in total. The van der Waals surface area contributed by atoms with Gasteiger partial charge in [-0.25, -0.2) is 0 Å². The van der Waals surface area contributed by atoms with Crippen molar-refractivity contribution in [3.63, 3.8) is 0 Å². The minimum Gasteiger partial charge on any atom is -0.467 e. The van der Waals surface area contributed by atoms with E-state index in [9.17, 15) is 0 Å². The molecule has 7 heteroatoms. The summed E-state index contributed by atoms with van der Waals surface area (Å²) in [6, 6.07) is 0.240. The third-order valence-electron chi connectivity index (χ3n) is 2.62. The van der Waals surface area contributed by atoms with E-state index in [1.165, 1.54) is 20.0 Å². The molecule has 1 aliphatic rings. The summed E-state index contributed by atoms with van der Waals surface area (Å²) in [6.07, 6.45) is 4.59. The highest BCUT2D eigenvalue weighted by molar-refractivity contribution is 8.00. The van der Waals surface area contributed by atoms with Gasteiger partial charge in [0.05, 0.1) is 7.11 Å². The number of nitrogens with two attached hydrogens (primary N) is 1. The summed E-state index contributed by atoms with van der Waals surface area (Å²) >= 11 is 1.88. The molecule has 0 atom stereocenters. The first-order valence-corrected chi connectivity index (χ1v) is 6.24. The first-order chi connectivity index (χ1) is 7.67. The van der Waals surface area contributed by atoms with Crippen molar-refractivity contribution in [1.29, 1.82) is 0 Å². The number of hydrogen-bond donors (Lipinski definition) is 2. The van der Waals surface area contributed by atoms with Crippen LogP contribution >= 0.6 is 11.8 Å². The molecular weight excluding hydrogens is 226 g/mol. The summed E-state index contributed by atoms with van der Waals surface area (Å²) in [6.45, 7) is 0.848. The second-order valence-electron chi connectivity index (χ2n) is 3.74. The zero-order valence-corrected chi connectivity index (χ0v) is 10.2. The predicted octanol–water partition coefficient (Wildman–Crippen LogP) is 0.770. The van der Waals surface area contributed by atoms with Crippen molar-refractivity contribution in [1.82, 2.24) is 15.0 Å². The molecule has 0 unspecified atom stereocenters. The Hall–Kier alpha value is -1.24. The van der Waals surface area contributed by atoms with Gasteiger partial charge >= 0.3 is 6.01 Å². The van der Waals surface area contributed by atoms with E-state index < -0.39 is 0 Å². The van der Waals surface area contributed by atoms with Gasteiger partial charge in [-0.3, -0.25) is 0 Å². The van der Waals surface area contributed by atoms with Crippen LogP contribution in [0.1, 0.15) is 12.8 Å². The number of hydrogen-bond acceptors (Lipinski definition) is 7. The molecule has 2 rings (SSSR count). The van der Waals surface area contributed by atoms with E-state index in [0.29, 0.717) is 10.7 Å². The Morgan fingerprint density at radius 3 is 2.75 bits per heavy atom. The van der Waals surface area contributed by atoms with Crippen LogP contribution in [0, 0.1) is 0 Å². The van der Waals surface area contributed by atoms with Crippen molar-refractivity contribution in [2.45, 2.75) is 17.6 Å². The molecule has 1 fully saturated rings. The largest absolute Gasteiger partial charge is 0.467 e. The van der Waals surface area contributed by atoms with Crippen molar-refractivity contribution < 1.29 is 4.74 Å². The quantitative estimate of drug-likeness (QED) is 0.787. The van der Waals surface area contributed by atoms with E-state index in [0.717, 1.165) is 6.54 Å². The van der Waals surface area contributed by atoms with Gasteiger partial charge in [-0.05, 0) is 19.1 Å². The molecule has 0 amide bonds. The van der Waals surface area contributed by atoms with Crippen LogP contribution < -0.4 is 15.8 Å². The Morgan fingerprint density at radius 1 is 1.44 bits per heavy atom. The fourth-order valence-corrected chi connectivity index (χ4v) is 2.10. The molecule has 16 heavy (non-hydrogen) atoms. The maximum atomic E-state index is 5.54. The van der Waals surface area contributed by atoms with E-state index in [2.05, 4.69) is 26.5 Å². The summed E-state index contributed by atoms with van der Waals surface area (Å²) in [5.41, 5.74) is 5.54. The first kappa shape index (κ1) is 11.3. The number of rotatable bonds is 5. The van der Waals surface area contributed by atoms with Crippen LogP contribution in [-0.2, 0) is 0 Å². The number of aromatic nitrogens is 3. The minimum absolute atomic E-state index is 0.170. The van der Waals surface area contributed by atoms with E-state index >= 15 is 0 Å². The summed E-state index contributed by atoms with van der Waals surface area (Å²) in [7, 11) is 1.50. The molecule has 0 bridgehead atoms. The van der Waals surface area contributed by atoms with Crippen LogP contribution in [0.25, 0.3) is 0 Å². The van der Waals surface area contributed by atoms with E-state index in [-0.39, 0.29) is 12.0 Å². The lowest BCUT2D eigenvalue weighted by Crippen LogP contribution is -2.19. The van der Waals surface area contributed by atoms with Crippen LogP contribution in [0.3, 0.4) is 0 Å². The average Bonchev–Trinajstić information content (AvgIpc) is 3.06. The van der Waals surface area contributed by atoms with Gasteiger partial charge in [-0.15, -0.1) is 0 Å². The Balaban J connectivity index is 2.01. The Morgan fingerprint density at radius 2 is 2.19 bits per heavy atom. The van der Waals surface area contributed by atoms with Crippen molar-refractivity contribution in [3.8, 4) is 6.01 Å². The highest BCUT2D eigenvalue weighted by Gasteiger charge is 2.41. The highest BCUT2D eigenvalue weighted by Crippen LogP contribution is 2.46. The van der Waals surface area contributed by atoms with Crippen LogP contribution in [0.5, 0.6) is 6.01 Å². The molecular formula is C9H15N5OS. The van der Waals surface area contributed by atoms with Crippen LogP contribution in [0.4, 0.5) is 11.9 Å². The summed E-state index contributed by atoms with van der Waals surface area (Å²) in [4.78, 5) is 11.9. The number of nitrogen functional groups attached to an aromatic ring is 1. The van der Waals surface area contributed by atoms with Gasteiger partial charge in [0.25, 0.3) is 0 Å². The Bertz CT molecular complexity index is 382. The fourth-order valence-electron chi connectivity index (χ4n) is 1.38. The lowest BCUT2D eigenvalue weighted by atomic mass is 10.4. The number of nitrogens with one attached hydrogen (secondary N) is 1. The number of thioether (sulfide) groups is 1. The van der Waals surface area contributed by atoms with E-state index in [4.69, 9.17) is 10.5 Å². The molecule has 1 saturated carbocycles. The zero-order valence-electron chi connectivity index (χ0n) is 9.36. The Labute approximate surface area is 98.4 Å². The molecule has 0 saturated heterocycles. The van der Waals surface area contributed by atoms with Gasteiger partial charge in [0.2, 0.25) is 11.9 Å². The topological polar surface area (TPSA) is 86.0 Å². The highest BCUT2D eigenvalue weighted by atomic mass is 32.2. The summed E-state index contributed by atoms with van der Waals surface area (Å²) in [5.74, 6) is 0.646. The van der Waals surface area contributed by atoms with Gasteiger partial charge in [0, 0.05) is 11.3 Å². The molecule has 1 aliphatic carbocycles.